The summed E-state index contributed by atoms with van der Waals surface area (Å²) in [6.07, 6.45) is 8.84. The Labute approximate surface area is 172 Å². The van der Waals surface area contributed by atoms with Crippen LogP contribution in [0, 0.1) is 5.92 Å². The van der Waals surface area contributed by atoms with Crippen LogP contribution >= 0.6 is 0 Å². The summed E-state index contributed by atoms with van der Waals surface area (Å²) in [4.78, 5) is 11.7. The Balaban J connectivity index is 1.55. The minimum absolute atomic E-state index is 0.231. The van der Waals surface area contributed by atoms with Gasteiger partial charge in [-0.2, -0.15) is 0 Å². The second-order valence-electron chi connectivity index (χ2n) is 8.12. The van der Waals surface area contributed by atoms with Gasteiger partial charge in [-0.3, -0.25) is 0 Å². The quantitative estimate of drug-likeness (QED) is 0.482. The summed E-state index contributed by atoms with van der Waals surface area (Å²) < 4.78 is 6.07. The van der Waals surface area contributed by atoms with Crippen LogP contribution in [0.3, 0.4) is 0 Å². The SMILES string of the molecule is O=C(O)c1ccc(CC2CCCCCC2)cc1OCc1cccc2ccccc12. The van der Waals surface area contributed by atoms with Gasteiger partial charge in [0.25, 0.3) is 0 Å². The van der Waals surface area contributed by atoms with E-state index in [1.807, 2.05) is 36.4 Å². The molecule has 1 saturated carbocycles. The minimum Gasteiger partial charge on any atom is -0.488 e. The van der Waals surface area contributed by atoms with E-state index >= 15 is 0 Å². The molecule has 0 bridgehead atoms. The summed E-state index contributed by atoms with van der Waals surface area (Å²) in [6.45, 7) is 0.356. The van der Waals surface area contributed by atoms with E-state index in [-0.39, 0.29) is 5.56 Å². The van der Waals surface area contributed by atoms with Crippen molar-refractivity contribution >= 4 is 16.7 Å². The first-order valence-corrected chi connectivity index (χ1v) is 10.7. The largest absolute Gasteiger partial charge is 0.488 e. The van der Waals surface area contributed by atoms with Crippen molar-refractivity contribution in [3.8, 4) is 5.75 Å². The molecule has 0 spiro atoms. The second-order valence-corrected chi connectivity index (χ2v) is 8.12. The average Bonchev–Trinajstić information content (AvgIpc) is 3.01. The summed E-state index contributed by atoms with van der Waals surface area (Å²) in [6, 6.07) is 19.9. The van der Waals surface area contributed by atoms with Crippen LogP contribution in [0.25, 0.3) is 10.8 Å². The number of rotatable bonds is 6. The smallest absolute Gasteiger partial charge is 0.339 e. The molecule has 3 heteroatoms. The highest BCUT2D eigenvalue weighted by Crippen LogP contribution is 2.29. The van der Waals surface area contributed by atoms with Gasteiger partial charge in [0.1, 0.15) is 17.9 Å². The lowest BCUT2D eigenvalue weighted by Crippen LogP contribution is -2.07. The van der Waals surface area contributed by atoms with E-state index in [1.54, 1.807) is 6.07 Å². The van der Waals surface area contributed by atoms with Crippen LogP contribution in [0.2, 0.25) is 0 Å². The number of hydrogen-bond acceptors (Lipinski definition) is 2. The lowest BCUT2D eigenvalue weighted by Gasteiger charge is -2.16. The fourth-order valence-corrected chi connectivity index (χ4v) is 4.47. The first kappa shape index (κ1) is 19.5. The van der Waals surface area contributed by atoms with Crippen molar-refractivity contribution in [2.45, 2.75) is 51.6 Å². The number of fused-ring (bicyclic) bond motifs is 1. The van der Waals surface area contributed by atoms with E-state index in [0.717, 1.165) is 22.8 Å². The van der Waals surface area contributed by atoms with Gasteiger partial charge in [0.2, 0.25) is 0 Å². The van der Waals surface area contributed by atoms with Gasteiger partial charge >= 0.3 is 5.97 Å². The molecule has 4 rings (SSSR count). The zero-order valence-electron chi connectivity index (χ0n) is 16.8. The first-order valence-electron chi connectivity index (χ1n) is 10.7. The summed E-state index contributed by atoms with van der Waals surface area (Å²) in [7, 11) is 0. The second kappa shape index (κ2) is 9.13. The normalized spacial score (nSPS) is 15.2. The molecule has 3 aromatic carbocycles. The van der Waals surface area contributed by atoms with Crippen molar-refractivity contribution in [2.75, 3.05) is 0 Å². The van der Waals surface area contributed by atoms with E-state index in [0.29, 0.717) is 18.3 Å². The van der Waals surface area contributed by atoms with Crippen molar-refractivity contribution in [2.24, 2.45) is 5.92 Å². The molecule has 29 heavy (non-hydrogen) atoms. The molecule has 0 heterocycles. The van der Waals surface area contributed by atoms with Gasteiger partial charge in [-0.25, -0.2) is 4.79 Å². The molecule has 0 atom stereocenters. The number of benzene rings is 3. The monoisotopic (exact) mass is 388 g/mol. The Hall–Kier alpha value is -2.81. The molecule has 0 radical (unpaired) electrons. The molecule has 0 aliphatic heterocycles. The Morgan fingerprint density at radius 2 is 1.69 bits per heavy atom. The molecular weight excluding hydrogens is 360 g/mol. The van der Waals surface area contributed by atoms with Crippen molar-refractivity contribution in [3.63, 3.8) is 0 Å². The number of carboxylic acids is 1. The summed E-state index contributed by atoms with van der Waals surface area (Å²) in [5.74, 6) is 0.217. The molecule has 150 valence electrons. The number of carboxylic acid groups (broad SMARTS) is 1. The maximum atomic E-state index is 11.7. The zero-order valence-corrected chi connectivity index (χ0v) is 16.8. The Morgan fingerprint density at radius 3 is 2.48 bits per heavy atom. The van der Waals surface area contributed by atoms with Crippen LogP contribution in [0.1, 0.15) is 60.0 Å². The maximum absolute atomic E-state index is 11.7. The molecule has 3 nitrogen and oxygen atoms in total. The fourth-order valence-electron chi connectivity index (χ4n) is 4.47. The fraction of sp³-hybridized carbons (Fsp3) is 0.346. The number of carbonyl (C=O) groups is 1. The van der Waals surface area contributed by atoms with Crippen LogP contribution in [-0.4, -0.2) is 11.1 Å². The minimum atomic E-state index is -0.945. The lowest BCUT2D eigenvalue weighted by atomic mass is 9.92. The molecule has 3 aromatic rings. The topological polar surface area (TPSA) is 46.5 Å². The number of ether oxygens (including phenoxy) is 1. The first-order chi connectivity index (χ1) is 14.2. The summed E-state index contributed by atoms with van der Waals surface area (Å²) >= 11 is 0. The highest BCUT2D eigenvalue weighted by atomic mass is 16.5. The standard InChI is InChI=1S/C26H28O3/c27-26(28)24-15-14-20(16-19-8-3-1-2-4-9-19)17-25(24)29-18-22-12-7-11-21-10-5-6-13-23(21)22/h5-7,10-15,17,19H,1-4,8-9,16,18H2,(H,27,28). The van der Waals surface area contributed by atoms with Gasteiger partial charge in [-0.1, -0.05) is 87.1 Å². The Kier molecular flexibility index (Phi) is 6.14. The van der Waals surface area contributed by atoms with Gasteiger partial charge in [0.05, 0.1) is 0 Å². The van der Waals surface area contributed by atoms with Crippen molar-refractivity contribution in [1.29, 1.82) is 0 Å². The predicted molar refractivity (Wildman–Crippen MR) is 117 cm³/mol. The third-order valence-corrected chi connectivity index (χ3v) is 6.04. The molecule has 0 amide bonds. The average molecular weight is 389 g/mol. The summed E-state index contributed by atoms with van der Waals surface area (Å²) in [5.41, 5.74) is 2.47. The van der Waals surface area contributed by atoms with Gasteiger partial charge in [-0.15, -0.1) is 0 Å². The van der Waals surface area contributed by atoms with Crippen LogP contribution in [0.5, 0.6) is 5.75 Å². The zero-order chi connectivity index (χ0) is 20.1. The van der Waals surface area contributed by atoms with Crippen LogP contribution in [0.4, 0.5) is 0 Å². The maximum Gasteiger partial charge on any atom is 0.339 e. The number of aromatic carboxylic acids is 1. The highest BCUT2D eigenvalue weighted by molar-refractivity contribution is 5.91. The van der Waals surface area contributed by atoms with Crippen molar-refractivity contribution in [1.82, 2.24) is 0 Å². The van der Waals surface area contributed by atoms with Crippen LogP contribution < -0.4 is 4.74 Å². The van der Waals surface area contributed by atoms with Crippen LogP contribution in [0.15, 0.2) is 60.7 Å². The Bertz CT molecular complexity index is 979. The van der Waals surface area contributed by atoms with Gasteiger partial charge in [0, 0.05) is 0 Å². The molecule has 1 fully saturated rings. The van der Waals surface area contributed by atoms with E-state index in [1.165, 1.54) is 44.1 Å². The van der Waals surface area contributed by atoms with E-state index < -0.39 is 5.97 Å². The van der Waals surface area contributed by atoms with Gasteiger partial charge < -0.3 is 9.84 Å². The molecule has 0 aromatic heterocycles. The Morgan fingerprint density at radius 1 is 0.931 bits per heavy atom. The van der Waals surface area contributed by atoms with Gasteiger partial charge in [0.15, 0.2) is 0 Å². The van der Waals surface area contributed by atoms with Crippen molar-refractivity contribution in [3.05, 3.63) is 77.4 Å². The number of hydrogen-bond donors (Lipinski definition) is 1. The van der Waals surface area contributed by atoms with Crippen molar-refractivity contribution < 1.29 is 14.6 Å². The third kappa shape index (κ3) is 4.79. The third-order valence-electron chi connectivity index (χ3n) is 6.04. The highest BCUT2D eigenvalue weighted by Gasteiger charge is 2.17. The predicted octanol–water partition coefficient (Wildman–Crippen LogP) is 6.63. The van der Waals surface area contributed by atoms with E-state index in [2.05, 4.69) is 18.2 Å². The summed E-state index contributed by atoms with van der Waals surface area (Å²) in [5, 5.41) is 11.9. The molecule has 0 saturated heterocycles. The molecule has 1 N–H and O–H groups in total. The van der Waals surface area contributed by atoms with E-state index in [9.17, 15) is 9.90 Å². The molecular formula is C26H28O3. The van der Waals surface area contributed by atoms with E-state index in [4.69, 9.17) is 4.74 Å². The van der Waals surface area contributed by atoms with Crippen LogP contribution in [-0.2, 0) is 13.0 Å². The molecule has 0 unspecified atom stereocenters. The van der Waals surface area contributed by atoms with Gasteiger partial charge in [-0.05, 0) is 46.4 Å². The lowest BCUT2D eigenvalue weighted by molar-refractivity contribution is 0.0691. The molecule has 1 aliphatic carbocycles. The molecule has 1 aliphatic rings.